The fraction of sp³-hybridized carbons (Fsp3) is 0. The van der Waals surface area contributed by atoms with Gasteiger partial charge in [-0.2, -0.15) is 0 Å². The lowest BCUT2D eigenvalue weighted by Gasteiger charge is -2.20. The molecule has 0 fully saturated rings. The molecule has 12 heteroatoms. The molecule has 12 aromatic rings. The molecule has 0 bridgehead atoms. The molecule has 0 atom stereocenters. The third-order valence-electron chi connectivity index (χ3n) is 14.0. The van der Waals surface area contributed by atoms with Crippen LogP contribution in [0, 0.1) is 11.6 Å². The minimum atomic E-state index is -0.469. The lowest BCUT2D eigenvalue weighted by molar-refractivity contribution is 0.103. The molecule has 0 aliphatic rings. The Morgan fingerprint density at radius 2 is 0.500 bits per heavy atom. The van der Waals surface area contributed by atoms with Gasteiger partial charge in [-0.3, -0.25) is 19.2 Å². The Balaban J connectivity index is 0.917. The van der Waals surface area contributed by atoms with Crippen LogP contribution in [-0.2, 0) is 0 Å². The standard InChI is InChI=1S/C72H42Cl2F2O8/c73-53-17-33-59(34-18-53)81-57-25-5-45(6-26-57)69(77)47-9-29-61(30-10-47)83-65-39-15-49-41-51(71(79)43-1-21-55(75)22-2-43)13-37-63(49)67(65)68-64-38-14-52(72(80)44-3-23-56(76)24-4-44)42-50(64)16-40-66(68)84-62-31-11-48(12-32-62)70(78)46-7-27-58(28-8-46)82-60-35-19-54(74)20-36-60/h1-42H. The van der Waals surface area contributed by atoms with Crippen molar-refractivity contribution in [2.45, 2.75) is 0 Å². The highest BCUT2D eigenvalue weighted by Crippen LogP contribution is 2.48. The Hall–Kier alpha value is -10.5. The number of hydrogen-bond acceptors (Lipinski definition) is 8. The first kappa shape index (κ1) is 54.1. The highest BCUT2D eigenvalue weighted by atomic mass is 35.5. The molecule has 0 aliphatic heterocycles. The summed E-state index contributed by atoms with van der Waals surface area (Å²) in [5, 5.41) is 3.76. The molecule has 0 aliphatic carbocycles. The lowest BCUT2D eigenvalue weighted by atomic mass is 9.89. The smallest absolute Gasteiger partial charge is 0.193 e. The molecule has 0 heterocycles. The molecular formula is C72H42Cl2F2O8. The molecule has 12 aromatic carbocycles. The summed E-state index contributed by atoms with van der Waals surface area (Å²) in [6.45, 7) is 0. The number of halogens is 4. The van der Waals surface area contributed by atoms with E-state index >= 15 is 0 Å². The molecule has 0 saturated heterocycles. The van der Waals surface area contributed by atoms with Gasteiger partial charge in [0.05, 0.1) is 0 Å². The molecule has 406 valence electrons. The molecule has 8 nitrogen and oxygen atoms in total. The van der Waals surface area contributed by atoms with E-state index in [2.05, 4.69) is 0 Å². The van der Waals surface area contributed by atoms with Gasteiger partial charge in [0.1, 0.15) is 57.6 Å². The van der Waals surface area contributed by atoms with Crippen LogP contribution in [0.2, 0.25) is 10.0 Å². The number of hydrogen-bond donors (Lipinski definition) is 0. The van der Waals surface area contributed by atoms with E-state index in [-0.39, 0.29) is 23.1 Å². The van der Waals surface area contributed by atoms with Gasteiger partial charge in [-0.1, -0.05) is 59.6 Å². The van der Waals surface area contributed by atoms with Crippen molar-refractivity contribution < 1.29 is 46.9 Å². The summed E-state index contributed by atoms with van der Waals surface area (Å²) in [4.78, 5) is 55.5. The fourth-order valence-electron chi connectivity index (χ4n) is 9.69. The van der Waals surface area contributed by atoms with Crippen molar-refractivity contribution in [1.29, 1.82) is 0 Å². The van der Waals surface area contributed by atoms with Gasteiger partial charge in [0, 0.05) is 65.7 Å². The Morgan fingerprint density at radius 1 is 0.262 bits per heavy atom. The van der Waals surface area contributed by atoms with Crippen molar-refractivity contribution in [3.8, 4) is 57.1 Å². The second-order valence-corrected chi connectivity index (χ2v) is 20.4. The van der Waals surface area contributed by atoms with Crippen LogP contribution in [-0.4, -0.2) is 23.1 Å². The lowest BCUT2D eigenvalue weighted by Crippen LogP contribution is -2.03. The van der Waals surface area contributed by atoms with Crippen LogP contribution in [0.1, 0.15) is 63.7 Å². The number of carbonyl (C=O) groups is 4. The van der Waals surface area contributed by atoms with E-state index in [9.17, 15) is 28.0 Å². The summed E-state index contributed by atoms with van der Waals surface area (Å²) in [5.41, 5.74) is 4.12. The first-order valence-electron chi connectivity index (χ1n) is 26.3. The number of ketones is 4. The zero-order valence-electron chi connectivity index (χ0n) is 44.0. The van der Waals surface area contributed by atoms with Crippen molar-refractivity contribution >= 4 is 67.9 Å². The van der Waals surface area contributed by atoms with Crippen molar-refractivity contribution in [3.63, 3.8) is 0 Å². The average Bonchev–Trinajstić information content (AvgIpc) is 1.70. The summed E-state index contributed by atoms with van der Waals surface area (Å²) in [6, 6.07) is 69.5. The predicted molar refractivity (Wildman–Crippen MR) is 322 cm³/mol. The third kappa shape index (κ3) is 11.8. The highest BCUT2D eigenvalue weighted by molar-refractivity contribution is 6.31. The van der Waals surface area contributed by atoms with Gasteiger partial charge < -0.3 is 18.9 Å². The molecule has 0 N–H and O–H groups in total. The van der Waals surface area contributed by atoms with E-state index in [1.54, 1.807) is 182 Å². The molecular weight excluding hydrogens is 1100 g/mol. The normalized spacial score (nSPS) is 11.0. The van der Waals surface area contributed by atoms with Crippen LogP contribution >= 0.6 is 23.2 Å². The van der Waals surface area contributed by atoms with Crippen LogP contribution in [0.15, 0.2) is 255 Å². The number of ether oxygens (including phenoxy) is 4. The second-order valence-electron chi connectivity index (χ2n) is 19.5. The highest BCUT2D eigenvalue weighted by Gasteiger charge is 2.24. The Labute approximate surface area is 490 Å². The summed E-state index contributed by atoms with van der Waals surface area (Å²) in [5.74, 6) is 1.78. The Kier molecular flexibility index (Phi) is 15.1. The van der Waals surface area contributed by atoms with Crippen LogP contribution in [0.25, 0.3) is 32.7 Å². The molecule has 0 spiro atoms. The van der Waals surface area contributed by atoms with Gasteiger partial charge in [-0.15, -0.1) is 0 Å². The number of rotatable bonds is 17. The molecule has 0 radical (unpaired) electrons. The number of fused-ring (bicyclic) bond motifs is 2. The van der Waals surface area contributed by atoms with Crippen LogP contribution in [0.5, 0.6) is 46.0 Å². The van der Waals surface area contributed by atoms with E-state index in [4.69, 9.17) is 42.1 Å². The molecule has 84 heavy (non-hydrogen) atoms. The van der Waals surface area contributed by atoms with Crippen LogP contribution < -0.4 is 18.9 Å². The molecule has 0 aromatic heterocycles. The minimum Gasteiger partial charge on any atom is -0.457 e. The van der Waals surface area contributed by atoms with Gasteiger partial charge in [-0.25, -0.2) is 8.78 Å². The monoisotopic (exact) mass is 1140 g/mol. The van der Waals surface area contributed by atoms with E-state index in [0.29, 0.717) is 133 Å². The minimum absolute atomic E-state index is 0.223. The van der Waals surface area contributed by atoms with Crippen molar-refractivity contribution in [2.75, 3.05) is 0 Å². The van der Waals surface area contributed by atoms with E-state index in [1.165, 1.54) is 48.5 Å². The second kappa shape index (κ2) is 23.5. The summed E-state index contributed by atoms with van der Waals surface area (Å²) >= 11 is 12.1. The van der Waals surface area contributed by atoms with Gasteiger partial charge >= 0.3 is 0 Å². The first-order chi connectivity index (χ1) is 40.8. The quantitative estimate of drug-likeness (QED) is 0.0830. The number of benzene rings is 12. The van der Waals surface area contributed by atoms with Crippen molar-refractivity contribution in [3.05, 3.63) is 321 Å². The largest absolute Gasteiger partial charge is 0.457 e. The predicted octanol–water partition coefficient (Wildman–Crippen LogP) is 19.3. The molecule has 0 amide bonds. The maximum absolute atomic E-state index is 14.0. The molecule has 0 unspecified atom stereocenters. The van der Waals surface area contributed by atoms with E-state index in [1.807, 2.05) is 24.3 Å². The maximum atomic E-state index is 14.0. The molecule has 12 rings (SSSR count). The average molecular weight is 1140 g/mol. The van der Waals surface area contributed by atoms with Gasteiger partial charge in [0.25, 0.3) is 0 Å². The fourth-order valence-corrected chi connectivity index (χ4v) is 9.94. The zero-order valence-corrected chi connectivity index (χ0v) is 45.5. The summed E-state index contributed by atoms with van der Waals surface area (Å²) in [6.07, 6.45) is 0. The number of carbonyl (C=O) groups excluding carboxylic acids is 4. The van der Waals surface area contributed by atoms with Crippen LogP contribution in [0.3, 0.4) is 0 Å². The first-order valence-corrected chi connectivity index (χ1v) is 27.1. The topological polar surface area (TPSA) is 105 Å². The zero-order chi connectivity index (χ0) is 57.8. The van der Waals surface area contributed by atoms with Gasteiger partial charge in [0.2, 0.25) is 0 Å². The third-order valence-corrected chi connectivity index (χ3v) is 14.5. The van der Waals surface area contributed by atoms with E-state index < -0.39 is 11.6 Å². The van der Waals surface area contributed by atoms with Gasteiger partial charge in [0.15, 0.2) is 23.1 Å². The van der Waals surface area contributed by atoms with Gasteiger partial charge in [-0.05, 0) is 240 Å². The SMILES string of the molecule is O=C(c1ccc(Oc2ccc(Cl)cc2)cc1)c1ccc(Oc2ccc3cc(C(=O)c4ccc(F)cc4)ccc3c2-c2c(Oc3ccc(C(=O)c4ccc(Oc5ccc(Cl)cc5)cc4)cc3)ccc3cc(C(=O)c4ccc(F)cc4)ccc23)cc1. The van der Waals surface area contributed by atoms with Crippen molar-refractivity contribution in [1.82, 2.24) is 0 Å². The summed E-state index contributed by atoms with van der Waals surface area (Å²) < 4.78 is 53.5. The Bertz CT molecular complexity index is 4190. The van der Waals surface area contributed by atoms with Crippen LogP contribution in [0.4, 0.5) is 8.78 Å². The summed E-state index contributed by atoms with van der Waals surface area (Å²) in [7, 11) is 0. The van der Waals surface area contributed by atoms with E-state index in [0.717, 1.165) is 0 Å². The van der Waals surface area contributed by atoms with Crippen molar-refractivity contribution in [2.24, 2.45) is 0 Å². The molecule has 0 saturated carbocycles. The Morgan fingerprint density at radius 3 is 0.798 bits per heavy atom. The maximum Gasteiger partial charge on any atom is 0.193 e.